The normalized spacial score (nSPS) is 20.0. The number of rotatable bonds is 3. The van der Waals surface area contributed by atoms with E-state index >= 15 is 0 Å². The number of hydrogen-bond acceptors (Lipinski definition) is 2. The van der Waals surface area contributed by atoms with Crippen molar-refractivity contribution in [3.63, 3.8) is 0 Å². The second-order valence-electron chi connectivity index (χ2n) is 3.67. The largest absolute Gasteiger partial charge is 0.372 e. The van der Waals surface area contributed by atoms with Crippen LogP contribution in [0.5, 0.6) is 0 Å². The molecule has 1 aliphatic heterocycles. The number of aryl methyl sites for hydroxylation is 1. The van der Waals surface area contributed by atoms with Crippen LogP contribution in [0.15, 0.2) is 24.3 Å². The number of epoxide rings is 1. The fourth-order valence-corrected chi connectivity index (χ4v) is 1.38. The zero-order valence-electron chi connectivity index (χ0n) is 8.16. The minimum absolute atomic E-state index is 0.464. The monoisotopic (exact) mass is 177 g/mol. The second kappa shape index (κ2) is 3.38. The molecule has 1 aliphatic rings. The van der Waals surface area contributed by atoms with Crippen LogP contribution in [-0.2, 0) is 4.74 Å². The molecule has 0 spiro atoms. The molecule has 1 fully saturated rings. The van der Waals surface area contributed by atoms with E-state index in [1.807, 2.05) is 0 Å². The highest BCUT2D eigenvalue weighted by Crippen LogP contribution is 2.17. The molecule has 0 N–H and O–H groups in total. The molecule has 1 saturated heterocycles. The highest BCUT2D eigenvalue weighted by atomic mass is 16.6. The number of benzene rings is 1. The van der Waals surface area contributed by atoms with E-state index in [0.717, 1.165) is 13.2 Å². The number of hydrogen-bond donors (Lipinski definition) is 0. The lowest BCUT2D eigenvalue weighted by Gasteiger charge is -2.17. The maximum absolute atomic E-state index is 5.18. The molecule has 0 radical (unpaired) electrons. The van der Waals surface area contributed by atoms with Gasteiger partial charge in [0.15, 0.2) is 0 Å². The molecular formula is C11H15NO. The topological polar surface area (TPSA) is 15.8 Å². The maximum Gasteiger partial charge on any atom is 0.0984 e. The van der Waals surface area contributed by atoms with Crippen LogP contribution in [0.1, 0.15) is 5.56 Å². The van der Waals surface area contributed by atoms with Crippen molar-refractivity contribution >= 4 is 5.69 Å². The summed E-state index contributed by atoms with van der Waals surface area (Å²) in [5.41, 5.74) is 2.57. The highest BCUT2D eigenvalue weighted by molar-refractivity contribution is 5.46. The summed E-state index contributed by atoms with van der Waals surface area (Å²) in [7, 11) is 2.10. The molecule has 13 heavy (non-hydrogen) atoms. The molecule has 0 aliphatic carbocycles. The molecule has 70 valence electrons. The third-order valence-corrected chi connectivity index (χ3v) is 2.35. The van der Waals surface area contributed by atoms with Crippen molar-refractivity contribution in [2.24, 2.45) is 0 Å². The number of anilines is 1. The minimum Gasteiger partial charge on any atom is -0.372 e. The highest BCUT2D eigenvalue weighted by Gasteiger charge is 2.23. The lowest BCUT2D eigenvalue weighted by Crippen LogP contribution is -2.22. The standard InChI is InChI=1S/C11H15NO/c1-9-3-5-10(6-4-9)12(2)7-11-8-13-11/h3-6,11H,7-8H2,1-2H3/t11-/m0/s1. The Bertz CT molecular complexity index is 277. The van der Waals surface area contributed by atoms with Gasteiger partial charge in [-0.15, -0.1) is 0 Å². The molecule has 0 saturated carbocycles. The average Bonchev–Trinajstić information content (AvgIpc) is 2.89. The maximum atomic E-state index is 5.18. The van der Waals surface area contributed by atoms with Gasteiger partial charge in [0.25, 0.3) is 0 Å². The first-order valence-corrected chi connectivity index (χ1v) is 4.65. The fraction of sp³-hybridized carbons (Fsp3) is 0.455. The van der Waals surface area contributed by atoms with Gasteiger partial charge in [0.2, 0.25) is 0 Å². The molecule has 1 heterocycles. The van der Waals surface area contributed by atoms with Crippen molar-refractivity contribution in [1.82, 2.24) is 0 Å². The van der Waals surface area contributed by atoms with E-state index in [1.165, 1.54) is 11.3 Å². The molecule has 2 heteroatoms. The third-order valence-electron chi connectivity index (χ3n) is 2.35. The smallest absolute Gasteiger partial charge is 0.0984 e. The van der Waals surface area contributed by atoms with Gasteiger partial charge in [-0.3, -0.25) is 0 Å². The summed E-state index contributed by atoms with van der Waals surface area (Å²) in [5.74, 6) is 0. The zero-order valence-corrected chi connectivity index (χ0v) is 8.16. The summed E-state index contributed by atoms with van der Waals surface area (Å²) < 4.78 is 5.18. The molecule has 0 aromatic heterocycles. The Hall–Kier alpha value is -1.02. The lowest BCUT2D eigenvalue weighted by atomic mass is 10.2. The van der Waals surface area contributed by atoms with Crippen molar-refractivity contribution in [2.75, 3.05) is 25.1 Å². The Balaban J connectivity index is 2.01. The van der Waals surface area contributed by atoms with Gasteiger partial charge in [0.1, 0.15) is 0 Å². The van der Waals surface area contributed by atoms with Gasteiger partial charge in [-0.05, 0) is 19.1 Å². The quantitative estimate of drug-likeness (QED) is 0.655. The van der Waals surface area contributed by atoms with Crippen molar-refractivity contribution in [3.05, 3.63) is 29.8 Å². The van der Waals surface area contributed by atoms with E-state index in [9.17, 15) is 0 Å². The fourth-order valence-electron chi connectivity index (χ4n) is 1.38. The van der Waals surface area contributed by atoms with Crippen LogP contribution in [-0.4, -0.2) is 26.3 Å². The molecule has 0 unspecified atom stereocenters. The lowest BCUT2D eigenvalue weighted by molar-refractivity contribution is 0.410. The van der Waals surface area contributed by atoms with Gasteiger partial charge in [0, 0.05) is 19.3 Å². The molecule has 2 rings (SSSR count). The second-order valence-corrected chi connectivity index (χ2v) is 3.67. The van der Waals surface area contributed by atoms with Gasteiger partial charge in [-0.1, -0.05) is 17.7 Å². The Morgan fingerprint density at radius 2 is 2.00 bits per heavy atom. The van der Waals surface area contributed by atoms with E-state index in [1.54, 1.807) is 0 Å². The first kappa shape index (κ1) is 8.57. The first-order valence-electron chi connectivity index (χ1n) is 4.65. The van der Waals surface area contributed by atoms with Crippen LogP contribution >= 0.6 is 0 Å². The van der Waals surface area contributed by atoms with Gasteiger partial charge < -0.3 is 9.64 Å². The van der Waals surface area contributed by atoms with Gasteiger partial charge in [-0.25, -0.2) is 0 Å². The summed E-state index contributed by atoms with van der Waals surface area (Å²) >= 11 is 0. The summed E-state index contributed by atoms with van der Waals surface area (Å²) in [6.45, 7) is 4.03. The van der Waals surface area contributed by atoms with Gasteiger partial charge >= 0.3 is 0 Å². The van der Waals surface area contributed by atoms with Gasteiger partial charge in [-0.2, -0.15) is 0 Å². The van der Waals surface area contributed by atoms with E-state index in [2.05, 4.69) is 43.1 Å². The number of ether oxygens (including phenoxy) is 1. The molecule has 1 atom stereocenters. The Labute approximate surface area is 79.1 Å². The van der Waals surface area contributed by atoms with Crippen LogP contribution in [0.4, 0.5) is 5.69 Å². The molecule has 1 aromatic rings. The van der Waals surface area contributed by atoms with Crippen LogP contribution < -0.4 is 4.90 Å². The van der Waals surface area contributed by atoms with Crippen molar-refractivity contribution in [1.29, 1.82) is 0 Å². The molecule has 2 nitrogen and oxygen atoms in total. The Morgan fingerprint density at radius 1 is 1.38 bits per heavy atom. The summed E-state index contributed by atoms with van der Waals surface area (Å²) in [4.78, 5) is 2.23. The van der Waals surface area contributed by atoms with E-state index < -0.39 is 0 Å². The predicted molar refractivity (Wildman–Crippen MR) is 54.2 cm³/mol. The summed E-state index contributed by atoms with van der Waals surface area (Å²) in [5, 5.41) is 0. The Kier molecular flexibility index (Phi) is 2.23. The average molecular weight is 177 g/mol. The minimum atomic E-state index is 0.464. The third kappa shape index (κ3) is 2.22. The van der Waals surface area contributed by atoms with E-state index in [0.29, 0.717) is 6.10 Å². The van der Waals surface area contributed by atoms with Crippen molar-refractivity contribution < 1.29 is 4.74 Å². The van der Waals surface area contributed by atoms with E-state index in [-0.39, 0.29) is 0 Å². The Morgan fingerprint density at radius 3 is 2.54 bits per heavy atom. The summed E-state index contributed by atoms with van der Waals surface area (Å²) in [6.07, 6.45) is 0.464. The van der Waals surface area contributed by atoms with Crippen LogP contribution in [0.25, 0.3) is 0 Å². The molecule has 0 amide bonds. The first-order chi connectivity index (χ1) is 6.25. The molecule has 1 aromatic carbocycles. The molecular weight excluding hydrogens is 162 g/mol. The number of nitrogens with zero attached hydrogens (tertiary/aromatic N) is 1. The zero-order chi connectivity index (χ0) is 9.26. The SMILES string of the molecule is Cc1ccc(N(C)C[C@H]2CO2)cc1. The van der Waals surface area contributed by atoms with Crippen molar-refractivity contribution in [2.45, 2.75) is 13.0 Å². The summed E-state index contributed by atoms with van der Waals surface area (Å²) in [6, 6.07) is 8.58. The van der Waals surface area contributed by atoms with Gasteiger partial charge in [0.05, 0.1) is 12.7 Å². The molecule has 0 bridgehead atoms. The number of likely N-dealkylation sites (N-methyl/N-ethyl adjacent to an activating group) is 1. The van der Waals surface area contributed by atoms with Crippen LogP contribution in [0.3, 0.4) is 0 Å². The van der Waals surface area contributed by atoms with Crippen LogP contribution in [0, 0.1) is 6.92 Å². The predicted octanol–water partition coefficient (Wildman–Crippen LogP) is 1.83. The van der Waals surface area contributed by atoms with E-state index in [4.69, 9.17) is 4.74 Å². The van der Waals surface area contributed by atoms with Crippen molar-refractivity contribution in [3.8, 4) is 0 Å². The van der Waals surface area contributed by atoms with Crippen LogP contribution in [0.2, 0.25) is 0 Å².